The Hall–Kier alpha value is -2.41. The Morgan fingerprint density at radius 3 is 2.50 bits per heavy atom. The fraction of sp³-hybridized carbons (Fsp3) is 0.316. The van der Waals surface area contributed by atoms with E-state index in [1.54, 1.807) is 18.1 Å². The number of carbonyl (C=O) groups excluding carboxylic acids is 1. The monoisotopic (exact) mass is 416 g/mol. The van der Waals surface area contributed by atoms with E-state index < -0.39 is 10.3 Å². The molecule has 26 heavy (non-hydrogen) atoms. The number of nitro groups is 1. The van der Waals surface area contributed by atoms with E-state index >= 15 is 0 Å². The van der Waals surface area contributed by atoms with Gasteiger partial charge in [0.25, 0.3) is 5.69 Å². The fourth-order valence-corrected chi connectivity index (χ4v) is 4.54. The summed E-state index contributed by atoms with van der Waals surface area (Å²) in [5, 5.41) is 11.3. The molecule has 0 aromatic heterocycles. The molecule has 0 bridgehead atoms. The summed E-state index contributed by atoms with van der Waals surface area (Å²) < 4.78 is 5.77. The largest absolute Gasteiger partial charge is 0.497 e. The second-order valence-electron chi connectivity index (χ2n) is 6.76. The van der Waals surface area contributed by atoms with Gasteiger partial charge in [-0.25, -0.2) is 0 Å². The van der Waals surface area contributed by atoms with Crippen molar-refractivity contribution in [2.75, 3.05) is 12.0 Å². The molecule has 1 amide bonds. The molecule has 1 fully saturated rings. The Balaban J connectivity index is 1.77. The first kappa shape index (κ1) is 17.0. The molecule has 0 radical (unpaired) electrons. The number of ether oxygens (including phenoxy) is 1. The number of benzene rings is 2. The second kappa shape index (κ2) is 6.09. The number of halogens is 1. The minimum atomic E-state index is -0.601. The summed E-state index contributed by atoms with van der Waals surface area (Å²) in [7, 11) is 1.61. The van der Waals surface area contributed by atoms with Gasteiger partial charge in [0.15, 0.2) is 0 Å². The van der Waals surface area contributed by atoms with E-state index in [0.29, 0.717) is 11.0 Å². The molecule has 7 heteroatoms. The number of nitro benzene ring substituents is 1. The number of methoxy groups -OCH3 is 1. The maximum Gasteiger partial charge on any atom is 0.271 e. The van der Waals surface area contributed by atoms with E-state index in [4.69, 9.17) is 4.74 Å². The molecule has 0 N–H and O–H groups in total. The summed E-state index contributed by atoms with van der Waals surface area (Å²) >= 11 is 3.46. The second-order valence-corrected chi connectivity index (χ2v) is 7.61. The van der Waals surface area contributed by atoms with Crippen molar-refractivity contribution < 1.29 is 14.5 Å². The smallest absolute Gasteiger partial charge is 0.271 e. The highest BCUT2D eigenvalue weighted by atomic mass is 79.9. The molecule has 1 spiro atoms. The molecule has 134 valence electrons. The van der Waals surface area contributed by atoms with Gasteiger partial charge in [-0.05, 0) is 52.0 Å². The summed E-state index contributed by atoms with van der Waals surface area (Å²) in [4.78, 5) is 25.8. The summed E-state index contributed by atoms with van der Waals surface area (Å²) in [6.45, 7) is 0.425. The summed E-state index contributed by atoms with van der Waals surface area (Å²) in [6, 6.07) is 10.6. The van der Waals surface area contributed by atoms with Crippen LogP contribution in [0.1, 0.15) is 30.4 Å². The van der Waals surface area contributed by atoms with Crippen molar-refractivity contribution in [1.29, 1.82) is 0 Å². The normalized spacial score (nSPS) is 17.2. The lowest BCUT2D eigenvalue weighted by Crippen LogP contribution is -2.44. The van der Waals surface area contributed by atoms with E-state index in [-0.39, 0.29) is 11.6 Å². The summed E-state index contributed by atoms with van der Waals surface area (Å²) in [5.74, 6) is 0.796. The fourth-order valence-electron chi connectivity index (χ4n) is 3.88. The number of rotatable bonds is 4. The molecule has 1 aliphatic heterocycles. The lowest BCUT2D eigenvalue weighted by atomic mass is 9.65. The third-order valence-electron chi connectivity index (χ3n) is 5.41. The van der Waals surface area contributed by atoms with E-state index in [0.717, 1.165) is 41.8 Å². The number of carbonyl (C=O) groups is 1. The van der Waals surface area contributed by atoms with Crippen molar-refractivity contribution in [3.63, 3.8) is 0 Å². The van der Waals surface area contributed by atoms with Gasteiger partial charge in [0, 0.05) is 16.6 Å². The highest BCUT2D eigenvalue weighted by molar-refractivity contribution is 9.10. The van der Waals surface area contributed by atoms with Crippen LogP contribution in [0.4, 0.5) is 11.4 Å². The topological polar surface area (TPSA) is 72.7 Å². The lowest BCUT2D eigenvalue weighted by molar-refractivity contribution is -0.385. The first-order valence-electron chi connectivity index (χ1n) is 8.39. The maximum atomic E-state index is 13.2. The number of hydrogen-bond donors (Lipinski definition) is 0. The van der Waals surface area contributed by atoms with Gasteiger partial charge in [0.2, 0.25) is 5.91 Å². The zero-order valence-electron chi connectivity index (χ0n) is 14.2. The van der Waals surface area contributed by atoms with Crippen LogP contribution in [0.25, 0.3) is 0 Å². The van der Waals surface area contributed by atoms with Gasteiger partial charge in [0.05, 0.1) is 29.7 Å². The standard InChI is InChI=1S/C19H17BrN2O4/c1-26-14-5-3-12(4-6-14)11-21-17-15(19(18(21)23)7-2-8-19)9-13(22(24)25)10-16(17)20/h3-6,9-10H,2,7-8,11H2,1H3. The van der Waals surface area contributed by atoms with E-state index in [1.165, 1.54) is 6.07 Å². The van der Waals surface area contributed by atoms with Gasteiger partial charge in [-0.1, -0.05) is 18.6 Å². The van der Waals surface area contributed by atoms with Crippen LogP contribution in [0.3, 0.4) is 0 Å². The van der Waals surface area contributed by atoms with Gasteiger partial charge < -0.3 is 9.64 Å². The molecule has 2 aliphatic rings. The zero-order valence-corrected chi connectivity index (χ0v) is 15.8. The van der Waals surface area contributed by atoms with Crippen LogP contribution < -0.4 is 9.64 Å². The number of non-ortho nitro benzene ring substituents is 1. The average Bonchev–Trinajstić information content (AvgIpc) is 2.84. The molecular weight excluding hydrogens is 400 g/mol. The predicted octanol–water partition coefficient (Wildman–Crippen LogP) is 4.33. The minimum absolute atomic E-state index is 0.0148. The van der Waals surface area contributed by atoms with E-state index in [2.05, 4.69) is 15.9 Å². The van der Waals surface area contributed by atoms with Gasteiger partial charge >= 0.3 is 0 Å². The number of anilines is 1. The average molecular weight is 417 g/mol. The van der Waals surface area contributed by atoms with Gasteiger partial charge in [-0.15, -0.1) is 0 Å². The van der Waals surface area contributed by atoms with Crippen LogP contribution in [0.15, 0.2) is 40.9 Å². The van der Waals surface area contributed by atoms with Crippen molar-refractivity contribution in [2.24, 2.45) is 0 Å². The van der Waals surface area contributed by atoms with Crippen molar-refractivity contribution in [3.05, 3.63) is 62.1 Å². The van der Waals surface area contributed by atoms with Crippen LogP contribution in [0, 0.1) is 10.1 Å². The Bertz CT molecular complexity index is 907. The first-order chi connectivity index (χ1) is 12.5. The SMILES string of the molecule is COc1ccc(CN2C(=O)C3(CCC3)c3cc([N+](=O)[O-])cc(Br)c32)cc1. The van der Waals surface area contributed by atoms with E-state index in [1.807, 2.05) is 24.3 Å². The molecule has 4 rings (SSSR count). The molecule has 0 unspecified atom stereocenters. The Labute approximate surface area is 159 Å². The molecule has 2 aromatic rings. The summed E-state index contributed by atoms with van der Waals surface area (Å²) in [6.07, 6.45) is 2.44. The maximum absolute atomic E-state index is 13.2. The van der Waals surface area contributed by atoms with Crippen molar-refractivity contribution >= 4 is 33.2 Å². The number of amides is 1. The Morgan fingerprint density at radius 2 is 1.96 bits per heavy atom. The van der Waals surface area contributed by atoms with Crippen LogP contribution in [0.2, 0.25) is 0 Å². The summed E-state index contributed by atoms with van der Waals surface area (Å²) in [5.41, 5.74) is 1.93. The molecule has 6 nitrogen and oxygen atoms in total. The van der Waals surface area contributed by atoms with Crippen molar-refractivity contribution in [3.8, 4) is 5.75 Å². The Kier molecular flexibility index (Phi) is 3.99. The van der Waals surface area contributed by atoms with Gasteiger partial charge in [0.1, 0.15) is 5.75 Å². The van der Waals surface area contributed by atoms with Crippen LogP contribution in [-0.4, -0.2) is 17.9 Å². The van der Waals surface area contributed by atoms with E-state index in [9.17, 15) is 14.9 Å². The van der Waals surface area contributed by atoms with Gasteiger partial charge in [-0.3, -0.25) is 14.9 Å². The molecule has 2 aromatic carbocycles. The number of hydrogen-bond acceptors (Lipinski definition) is 4. The van der Waals surface area contributed by atoms with Crippen molar-refractivity contribution in [1.82, 2.24) is 0 Å². The quantitative estimate of drug-likeness (QED) is 0.548. The first-order valence-corrected chi connectivity index (χ1v) is 9.19. The number of fused-ring (bicyclic) bond motifs is 2. The molecule has 0 atom stereocenters. The lowest BCUT2D eigenvalue weighted by Gasteiger charge is -2.36. The minimum Gasteiger partial charge on any atom is -0.497 e. The van der Waals surface area contributed by atoms with Crippen molar-refractivity contribution in [2.45, 2.75) is 31.2 Å². The van der Waals surface area contributed by atoms with Crippen LogP contribution in [-0.2, 0) is 16.8 Å². The molecule has 0 saturated heterocycles. The van der Waals surface area contributed by atoms with Crippen LogP contribution >= 0.6 is 15.9 Å². The number of nitrogens with zero attached hydrogens (tertiary/aromatic N) is 2. The molecule has 1 saturated carbocycles. The molecule has 1 heterocycles. The van der Waals surface area contributed by atoms with Crippen LogP contribution in [0.5, 0.6) is 5.75 Å². The highest BCUT2D eigenvalue weighted by Crippen LogP contribution is 2.56. The zero-order chi connectivity index (χ0) is 18.5. The Morgan fingerprint density at radius 1 is 1.27 bits per heavy atom. The third kappa shape index (κ3) is 2.41. The molecular formula is C19H17BrN2O4. The molecule has 1 aliphatic carbocycles. The van der Waals surface area contributed by atoms with Gasteiger partial charge in [-0.2, -0.15) is 0 Å². The highest BCUT2D eigenvalue weighted by Gasteiger charge is 2.55. The predicted molar refractivity (Wildman–Crippen MR) is 101 cm³/mol. The third-order valence-corrected chi connectivity index (χ3v) is 6.01.